The summed E-state index contributed by atoms with van der Waals surface area (Å²) in [5.74, 6) is -0.0686. The summed E-state index contributed by atoms with van der Waals surface area (Å²) in [4.78, 5) is 38.6. The molecular weight excluding hydrogens is 525 g/mol. The van der Waals surface area contributed by atoms with Crippen LogP contribution in [0, 0.1) is 12.7 Å². The molecule has 41 heavy (non-hydrogen) atoms. The largest absolute Gasteiger partial charge is 0.494 e. The van der Waals surface area contributed by atoms with E-state index >= 15 is 0 Å². The number of halogens is 1. The number of likely N-dealkylation sites (tertiary alicyclic amines) is 1. The van der Waals surface area contributed by atoms with Crippen LogP contribution in [-0.4, -0.2) is 65.7 Å². The Bertz CT molecular complexity index is 1700. The number of methoxy groups -OCH3 is 1. The monoisotopic (exact) mass is 557 g/mol. The molecule has 1 aliphatic rings. The molecule has 1 unspecified atom stereocenters. The first-order chi connectivity index (χ1) is 19.7. The second-order valence-corrected chi connectivity index (χ2v) is 10.1. The molecule has 2 aromatic heterocycles. The molecule has 0 saturated carbocycles. The molecule has 1 aliphatic heterocycles. The van der Waals surface area contributed by atoms with Crippen molar-refractivity contribution in [2.75, 3.05) is 49.8 Å². The molecule has 3 heterocycles. The molecule has 0 bridgehead atoms. The molecule has 4 aromatic rings. The van der Waals surface area contributed by atoms with Crippen molar-refractivity contribution in [2.24, 2.45) is 0 Å². The van der Waals surface area contributed by atoms with E-state index in [-0.39, 0.29) is 28.7 Å². The number of nitrogens with one attached hydrogen (secondary N) is 2. The summed E-state index contributed by atoms with van der Waals surface area (Å²) >= 11 is 0. The number of hydrogen-bond donors (Lipinski definition) is 2. The molecule has 1 fully saturated rings. The lowest BCUT2D eigenvalue weighted by Crippen LogP contribution is -2.34. The van der Waals surface area contributed by atoms with E-state index in [1.807, 2.05) is 13.1 Å². The van der Waals surface area contributed by atoms with Gasteiger partial charge in [0.05, 0.1) is 35.2 Å². The Morgan fingerprint density at radius 1 is 1.24 bits per heavy atom. The molecule has 1 amide bonds. The lowest BCUT2D eigenvalue weighted by atomic mass is 10.1. The Balaban J connectivity index is 1.60. The van der Waals surface area contributed by atoms with Gasteiger partial charge < -0.3 is 25.2 Å². The highest BCUT2D eigenvalue weighted by atomic mass is 19.1. The predicted octanol–water partition coefficient (Wildman–Crippen LogP) is 4.25. The quantitative estimate of drug-likeness (QED) is 0.310. The number of rotatable bonds is 8. The second-order valence-electron chi connectivity index (χ2n) is 10.1. The van der Waals surface area contributed by atoms with Gasteiger partial charge >= 0.3 is 0 Å². The molecule has 1 atom stereocenters. The number of pyridine rings is 1. The SMILES string of the molecule is C=CC(=O)Nc1cc(Nc2ncc3c(=O)cc(C)n(-c4cccc(F)c4)c3n2)c(OC)cc1N(C)C1CCN(C)C1. The number of ether oxygens (including phenoxy) is 1. The fourth-order valence-corrected chi connectivity index (χ4v) is 5.17. The third-order valence-corrected chi connectivity index (χ3v) is 7.31. The van der Waals surface area contributed by atoms with Crippen molar-refractivity contribution in [3.8, 4) is 11.4 Å². The number of nitrogens with zero attached hydrogens (tertiary/aromatic N) is 5. The summed E-state index contributed by atoms with van der Waals surface area (Å²) < 4.78 is 21.5. The van der Waals surface area contributed by atoms with Crippen LogP contribution in [0.5, 0.6) is 5.75 Å². The topological polar surface area (TPSA) is 105 Å². The van der Waals surface area contributed by atoms with Crippen molar-refractivity contribution < 1.29 is 13.9 Å². The zero-order valence-electron chi connectivity index (χ0n) is 23.4. The van der Waals surface area contributed by atoms with Gasteiger partial charge in [-0.2, -0.15) is 4.98 Å². The molecule has 1 saturated heterocycles. The molecule has 0 spiro atoms. The Labute approximate surface area is 237 Å². The lowest BCUT2D eigenvalue weighted by molar-refractivity contribution is -0.111. The first-order valence-electron chi connectivity index (χ1n) is 13.2. The summed E-state index contributed by atoms with van der Waals surface area (Å²) in [6, 6.07) is 11.4. The third-order valence-electron chi connectivity index (χ3n) is 7.31. The molecule has 10 nitrogen and oxygen atoms in total. The average Bonchev–Trinajstić information content (AvgIpc) is 3.39. The maximum Gasteiger partial charge on any atom is 0.247 e. The minimum atomic E-state index is -0.408. The van der Waals surface area contributed by atoms with Crippen LogP contribution < -0.4 is 25.7 Å². The average molecular weight is 558 g/mol. The summed E-state index contributed by atoms with van der Waals surface area (Å²) in [7, 11) is 5.64. The van der Waals surface area contributed by atoms with Gasteiger partial charge in [-0.3, -0.25) is 14.2 Å². The van der Waals surface area contributed by atoms with Gasteiger partial charge in [-0.15, -0.1) is 0 Å². The molecule has 11 heteroatoms. The number of fused-ring (bicyclic) bond motifs is 1. The normalized spacial score (nSPS) is 15.1. The number of aryl methyl sites for hydroxylation is 1. The van der Waals surface area contributed by atoms with Crippen molar-refractivity contribution in [1.29, 1.82) is 0 Å². The number of aromatic nitrogens is 3. The van der Waals surface area contributed by atoms with E-state index in [4.69, 9.17) is 4.74 Å². The summed E-state index contributed by atoms with van der Waals surface area (Å²) in [6.07, 6.45) is 3.64. The van der Waals surface area contributed by atoms with Crippen molar-refractivity contribution >= 4 is 40.0 Å². The third kappa shape index (κ3) is 5.62. The van der Waals surface area contributed by atoms with E-state index in [9.17, 15) is 14.0 Å². The Morgan fingerprint density at radius 2 is 2.05 bits per heavy atom. The second kappa shape index (κ2) is 11.4. The van der Waals surface area contributed by atoms with Gasteiger partial charge in [0.25, 0.3) is 0 Å². The Kier molecular flexibility index (Phi) is 7.71. The van der Waals surface area contributed by atoms with Crippen molar-refractivity contribution in [3.63, 3.8) is 0 Å². The van der Waals surface area contributed by atoms with Crippen LogP contribution in [0.2, 0.25) is 0 Å². The molecule has 0 radical (unpaired) electrons. The van der Waals surface area contributed by atoms with Crippen LogP contribution >= 0.6 is 0 Å². The zero-order chi connectivity index (χ0) is 29.3. The van der Waals surface area contributed by atoms with Gasteiger partial charge in [-0.05, 0) is 57.3 Å². The van der Waals surface area contributed by atoms with E-state index in [2.05, 4.69) is 44.0 Å². The smallest absolute Gasteiger partial charge is 0.247 e. The van der Waals surface area contributed by atoms with Gasteiger partial charge in [0.2, 0.25) is 11.9 Å². The summed E-state index contributed by atoms with van der Waals surface area (Å²) in [5, 5.41) is 6.37. The molecule has 2 N–H and O–H groups in total. The number of amides is 1. The number of hydrogen-bond acceptors (Lipinski definition) is 8. The first-order valence-corrected chi connectivity index (χ1v) is 13.2. The molecule has 5 rings (SSSR count). The highest BCUT2D eigenvalue weighted by Gasteiger charge is 2.26. The van der Waals surface area contributed by atoms with Crippen LogP contribution in [0.4, 0.5) is 27.4 Å². The zero-order valence-corrected chi connectivity index (χ0v) is 23.4. The van der Waals surface area contributed by atoms with Gasteiger partial charge in [-0.25, -0.2) is 9.37 Å². The van der Waals surface area contributed by atoms with Gasteiger partial charge in [-0.1, -0.05) is 12.6 Å². The fraction of sp³-hybridized carbons (Fsp3) is 0.267. The highest BCUT2D eigenvalue weighted by Crippen LogP contribution is 2.39. The lowest BCUT2D eigenvalue weighted by Gasteiger charge is -2.29. The van der Waals surface area contributed by atoms with Crippen molar-refractivity contribution in [3.05, 3.63) is 83.1 Å². The van der Waals surface area contributed by atoms with Gasteiger partial charge in [0, 0.05) is 43.7 Å². The minimum absolute atomic E-state index is 0.186. The van der Waals surface area contributed by atoms with E-state index in [0.29, 0.717) is 34.2 Å². The predicted molar refractivity (Wildman–Crippen MR) is 159 cm³/mol. The van der Waals surface area contributed by atoms with Crippen LogP contribution in [-0.2, 0) is 4.79 Å². The van der Waals surface area contributed by atoms with Crippen LogP contribution in [0.1, 0.15) is 12.1 Å². The van der Waals surface area contributed by atoms with Gasteiger partial charge in [0.1, 0.15) is 11.6 Å². The molecule has 2 aromatic carbocycles. The van der Waals surface area contributed by atoms with E-state index in [1.54, 1.807) is 36.8 Å². The van der Waals surface area contributed by atoms with Crippen LogP contribution in [0.25, 0.3) is 16.7 Å². The number of benzene rings is 2. The molecule has 212 valence electrons. The maximum atomic E-state index is 14.1. The first kappa shape index (κ1) is 27.8. The minimum Gasteiger partial charge on any atom is -0.494 e. The Hall–Kier alpha value is -4.77. The van der Waals surface area contributed by atoms with E-state index in [0.717, 1.165) is 25.2 Å². The molecular formula is C30H32FN7O3. The summed E-state index contributed by atoms with van der Waals surface area (Å²) in [6.45, 7) is 7.22. The van der Waals surface area contributed by atoms with E-state index in [1.165, 1.54) is 30.5 Å². The molecule has 0 aliphatic carbocycles. The number of anilines is 4. The highest BCUT2D eigenvalue weighted by molar-refractivity contribution is 6.02. The van der Waals surface area contributed by atoms with E-state index < -0.39 is 5.82 Å². The summed E-state index contributed by atoms with van der Waals surface area (Å²) in [5.41, 5.74) is 3.04. The van der Waals surface area contributed by atoms with Crippen LogP contribution in [0.15, 0.2) is 66.1 Å². The van der Waals surface area contributed by atoms with Crippen molar-refractivity contribution in [2.45, 2.75) is 19.4 Å². The number of carbonyl (C=O) groups excluding carboxylic acids is 1. The van der Waals surface area contributed by atoms with Crippen molar-refractivity contribution in [1.82, 2.24) is 19.4 Å². The van der Waals surface area contributed by atoms with Crippen LogP contribution in [0.3, 0.4) is 0 Å². The maximum absolute atomic E-state index is 14.1. The fourth-order valence-electron chi connectivity index (χ4n) is 5.17. The number of likely N-dealkylation sites (N-methyl/N-ethyl adjacent to an activating group) is 2. The number of carbonyl (C=O) groups is 1. The Morgan fingerprint density at radius 3 is 2.73 bits per heavy atom. The van der Waals surface area contributed by atoms with Gasteiger partial charge in [0.15, 0.2) is 11.1 Å². The standard InChI is InChI=1S/C30H32FN7O3/c1-6-28(40)33-23-14-24(27(41-5)15-25(23)37(4)21-10-11-36(3)17-21)34-30-32-16-22-26(39)12-18(2)38(29(22)35-30)20-9-7-8-19(31)13-20/h6-9,12-16,21H,1,10-11,17H2,2-5H3,(H,33,40)(H,32,34,35).